The Morgan fingerprint density at radius 3 is 2.57 bits per heavy atom. The van der Waals surface area contributed by atoms with Gasteiger partial charge in [-0.25, -0.2) is 0 Å². The van der Waals surface area contributed by atoms with Crippen LogP contribution in [0.2, 0.25) is 0 Å². The first kappa shape index (κ1) is 15.0. The Morgan fingerprint density at radius 1 is 1.14 bits per heavy atom. The molecule has 0 aromatic heterocycles. The molecular formula is C14H12BrN3O3. The lowest BCUT2D eigenvalue weighted by atomic mass is 10.3. The summed E-state index contributed by atoms with van der Waals surface area (Å²) in [5.41, 5.74) is 1.14. The second kappa shape index (κ2) is 6.85. The van der Waals surface area contributed by atoms with E-state index < -0.39 is 4.92 Å². The van der Waals surface area contributed by atoms with Gasteiger partial charge < -0.3 is 10.6 Å². The van der Waals surface area contributed by atoms with Gasteiger partial charge in [-0.2, -0.15) is 0 Å². The monoisotopic (exact) mass is 349 g/mol. The number of nitro benzene ring substituents is 1. The molecule has 2 rings (SSSR count). The molecule has 7 heteroatoms. The normalized spacial score (nSPS) is 9.95. The predicted octanol–water partition coefficient (Wildman–Crippen LogP) is 3.41. The van der Waals surface area contributed by atoms with E-state index in [9.17, 15) is 14.9 Å². The van der Waals surface area contributed by atoms with Gasteiger partial charge in [-0.05, 0) is 24.3 Å². The van der Waals surface area contributed by atoms with Gasteiger partial charge in [0.15, 0.2) is 0 Å². The SMILES string of the molecule is O=C(CNc1cccc(Br)c1)Nc1cccc([N+](=O)[O-])c1. The molecule has 0 heterocycles. The molecule has 0 aliphatic heterocycles. The fourth-order valence-electron chi connectivity index (χ4n) is 1.68. The number of rotatable bonds is 5. The van der Waals surface area contributed by atoms with Crippen LogP contribution in [-0.2, 0) is 4.79 Å². The molecule has 0 atom stereocenters. The summed E-state index contributed by atoms with van der Waals surface area (Å²) in [5.74, 6) is -0.282. The van der Waals surface area contributed by atoms with Gasteiger partial charge in [0.25, 0.3) is 5.69 Å². The molecule has 0 spiro atoms. The minimum atomic E-state index is -0.505. The topological polar surface area (TPSA) is 84.3 Å². The summed E-state index contributed by atoms with van der Waals surface area (Å²) in [7, 11) is 0. The Hall–Kier alpha value is -2.41. The van der Waals surface area contributed by atoms with Gasteiger partial charge in [0.2, 0.25) is 5.91 Å². The number of non-ortho nitro benzene ring substituents is 1. The summed E-state index contributed by atoms with van der Waals surface area (Å²) >= 11 is 3.34. The van der Waals surface area contributed by atoms with Crippen molar-refractivity contribution in [1.29, 1.82) is 0 Å². The minimum Gasteiger partial charge on any atom is -0.376 e. The molecule has 108 valence electrons. The number of hydrogen-bond donors (Lipinski definition) is 2. The fourth-order valence-corrected chi connectivity index (χ4v) is 2.08. The molecule has 2 aromatic rings. The molecule has 0 aliphatic rings. The zero-order chi connectivity index (χ0) is 15.2. The molecule has 0 bridgehead atoms. The Labute approximate surface area is 129 Å². The van der Waals surface area contributed by atoms with Crippen LogP contribution in [0.3, 0.4) is 0 Å². The van der Waals surface area contributed by atoms with Crippen LogP contribution in [0.1, 0.15) is 0 Å². The van der Waals surface area contributed by atoms with E-state index in [1.165, 1.54) is 18.2 Å². The van der Waals surface area contributed by atoms with Crippen LogP contribution in [0.25, 0.3) is 0 Å². The van der Waals surface area contributed by atoms with E-state index in [-0.39, 0.29) is 18.1 Å². The Kier molecular flexibility index (Phi) is 4.89. The molecule has 21 heavy (non-hydrogen) atoms. The third-order valence-electron chi connectivity index (χ3n) is 2.62. The second-order valence-corrected chi connectivity index (χ2v) is 5.14. The number of anilines is 2. The van der Waals surface area contributed by atoms with Gasteiger partial charge in [-0.3, -0.25) is 14.9 Å². The van der Waals surface area contributed by atoms with Gasteiger partial charge in [-0.15, -0.1) is 0 Å². The summed E-state index contributed by atoms with van der Waals surface area (Å²) in [6.45, 7) is 0.0686. The second-order valence-electron chi connectivity index (χ2n) is 4.22. The van der Waals surface area contributed by atoms with E-state index in [1.807, 2.05) is 24.3 Å². The molecule has 0 saturated carbocycles. The molecule has 0 saturated heterocycles. The first-order valence-electron chi connectivity index (χ1n) is 6.08. The predicted molar refractivity (Wildman–Crippen MR) is 84.4 cm³/mol. The largest absolute Gasteiger partial charge is 0.376 e. The van der Waals surface area contributed by atoms with Crippen molar-refractivity contribution in [3.8, 4) is 0 Å². The maximum atomic E-state index is 11.8. The fraction of sp³-hybridized carbons (Fsp3) is 0.0714. The van der Waals surface area contributed by atoms with Crippen LogP contribution < -0.4 is 10.6 Å². The van der Waals surface area contributed by atoms with Crippen LogP contribution in [0.4, 0.5) is 17.1 Å². The number of nitrogens with one attached hydrogen (secondary N) is 2. The Balaban J connectivity index is 1.93. The average Bonchev–Trinajstić information content (AvgIpc) is 2.45. The van der Waals surface area contributed by atoms with E-state index in [0.717, 1.165) is 10.2 Å². The molecule has 6 nitrogen and oxygen atoms in total. The highest BCUT2D eigenvalue weighted by Gasteiger charge is 2.08. The zero-order valence-electron chi connectivity index (χ0n) is 10.9. The van der Waals surface area contributed by atoms with Crippen LogP contribution in [-0.4, -0.2) is 17.4 Å². The van der Waals surface area contributed by atoms with E-state index in [2.05, 4.69) is 26.6 Å². The lowest BCUT2D eigenvalue weighted by molar-refractivity contribution is -0.384. The van der Waals surface area contributed by atoms with Gasteiger partial charge >= 0.3 is 0 Å². The summed E-state index contributed by atoms with van der Waals surface area (Å²) in [6.07, 6.45) is 0. The lowest BCUT2D eigenvalue weighted by Crippen LogP contribution is -2.21. The summed E-state index contributed by atoms with van der Waals surface area (Å²) in [4.78, 5) is 21.9. The van der Waals surface area contributed by atoms with Crippen molar-refractivity contribution >= 4 is 38.9 Å². The lowest BCUT2D eigenvalue weighted by Gasteiger charge is -2.08. The number of nitrogens with zero attached hydrogens (tertiary/aromatic N) is 1. The highest BCUT2D eigenvalue weighted by molar-refractivity contribution is 9.10. The van der Waals surface area contributed by atoms with Gasteiger partial charge in [0, 0.05) is 28.0 Å². The summed E-state index contributed by atoms with van der Waals surface area (Å²) in [5, 5.41) is 16.2. The zero-order valence-corrected chi connectivity index (χ0v) is 12.5. The molecule has 0 fully saturated rings. The molecule has 0 aliphatic carbocycles. The van der Waals surface area contributed by atoms with Gasteiger partial charge in [0.1, 0.15) is 0 Å². The standard InChI is InChI=1S/C14H12BrN3O3/c15-10-3-1-4-11(7-10)16-9-14(19)17-12-5-2-6-13(8-12)18(20)21/h1-8,16H,9H2,(H,17,19). The third kappa shape index (κ3) is 4.57. The number of carbonyl (C=O) groups excluding carboxylic acids is 1. The smallest absolute Gasteiger partial charge is 0.271 e. The van der Waals surface area contributed by atoms with Crippen LogP contribution in [0.5, 0.6) is 0 Å². The first-order chi connectivity index (χ1) is 10.0. The Morgan fingerprint density at radius 2 is 1.86 bits per heavy atom. The van der Waals surface area contributed by atoms with E-state index in [1.54, 1.807) is 6.07 Å². The van der Waals surface area contributed by atoms with Crippen molar-refractivity contribution in [3.05, 3.63) is 63.1 Å². The highest BCUT2D eigenvalue weighted by atomic mass is 79.9. The van der Waals surface area contributed by atoms with Crippen molar-refractivity contribution in [2.24, 2.45) is 0 Å². The average molecular weight is 350 g/mol. The number of benzene rings is 2. The highest BCUT2D eigenvalue weighted by Crippen LogP contribution is 2.17. The Bertz CT molecular complexity index is 676. The van der Waals surface area contributed by atoms with Gasteiger partial charge in [-0.1, -0.05) is 28.1 Å². The maximum absolute atomic E-state index is 11.8. The van der Waals surface area contributed by atoms with Crippen molar-refractivity contribution in [1.82, 2.24) is 0 Å². The van der Waals surface area contributed by atoms with Crippen molar-refractivity contribution < 1.29 is 9.72 Å². The quantitative estimate of drug-likeness (QED) is 0.639. The molecular weight excluding hydrogens is 338 g/mol. The van der Waals surface area contributed by atoms with E-state index in [4.69, 9.17) is 0 Å². The number of nitro groups is 1. The maximum Gasteiger partial charge on any atom is 0.271 e. The minimum absolute atomic E-state index is 0.0623. The van der Waals surface area contributed by atoms with Crippen LogP contribution in [0, 0.1) is 10.1 Å². The van der Waals surface area contributed by atoms with E-state index in [0.29, 0.717) is 5.69 Å². The van der Waals surface area contributed by atoms with Crippen molar-refractivity contribution in [2.75, 3.05) is 17.2 Å². The number of amides is 1. The molecule has 0 unspecified atom stereocenters. The summed E-state index contributed by atoms with van der Waals surface area (Å²) in [6, 6.07) is 13.2. The number of carbonyl (C=O) groups is 1. The van der Waals surface area contributed by atoms with E-state index >= 15 is 0 Å². The number of halogens is 1. The first-order valence-corrected chi connectivity index (χ1v) is 6.87. The molecule has 1 amide bonds. The molecule has 2 aromatic carbocycles. The van der Waals surface area contributed by atoms with Crippen molar-refractivity contribution in [2.45, 2.75) is 0 Å². The van der Waals surface area contributed by atoms with Crippen molar-refractivity contribution in [3.63, 3.8) is 0 Å². The third-order valence-corrected chi connectivity index (χ3v) is 3.11. The molecule has 2 N–H and O–H groups in total. The molecule has 0 radical (unpaired) electrons. The van der Waals surface area contributed by atoms with Crippen LogP contribution >= 0.6 is 15.9 Å². The number of hydrogen-bond acceptors (Lipinski definition) is 4. The van der Waals surface area contributed by atoms with Crippen LogP contribution in [0.15, 0.2) is 53.0 Å². The summed E-state index contributed by atoms with van der Waals surface area (Å²) < 4.78 is 0.909. The van der Waals surface area contributed by atoms with Gasteiger partial charge in [0.05, 0.1) is 11.5 Å².